The van der Waals surface area contributed by atoms with E-state index < -0.39 is 0 Å². The lowest BCUT2D eigenvalue weighted by molar-refractivity contribution is -0.130. The Morgan fingerprint density at radius 2 is 1.88 bits per heavy atom. The average Bonchev–Trinajstić information content (AvgIpc) is 3.63. The van der Waals surface area contributed by atoms with Crippen LogP contribution in [0.3, 0.4) is 0 Å². The molecular weight excluding hydrogens is 518 g/mol. The molecule has 2 amide bonds. The minimum Gasteiger partial charge on any atom is -0.382 e. The summed E-state index contributed by atoms with van der Waals surface area (Å²) < 4.78 is 3.90. The zero-order valence-corrected chi connectivity index (χ0v) is 22.6. The third kappa shape index (κ3) is 5.05. The van der Waals surface area contributed by atoms with E-state index in [2.05, 4.69) is 22.0 Å². The standard InChI is InChI=1S/C30H29N9O2/c1-3-27(41)34-21-7-6-8-23(15-21)39-26-10-5-4-9-24(26)36-30(39)28-29(31)32-17-25(35-28)20-16-33-38(18-20)22-11-13-37(14-12-22)19(2)40/h3-10,15-18,22H,1,11-14H2,2H3,(H2,31,32)(H,34,41). The van der Waals surface area contributed by atoms with Crippen molar-refractivity contribution in [1.82, 2.24) is 34.2 Å². The molecule has 11 heteroatoms. The molecule has 206 valence electrons. The molecule has 41 heavy (non-hydrogen) atoms. The highest BCUT2D eigenvalue weighted by Gasteiger charge is 2.24. The van der Waals surface area contributed by atoms with Crippen LogP contribution in [0.4, 0.5) is 11.5 Å². The number of imidazole rings is 1. The normalized spacial score (nSPS) is 13.8. The molecule has 1 aliphatic rings. The smallest absolute Gasteiger partial charge is 0.247 e. The molecule has 5 aromatic rings. The van der Waals surface area contributed by atoms with Gasteiger partial charge in [-0.3, -0.25) is 18.8 Å². The number of piperidine rings is 1. The molecule has 0 radical (unpaired) electrons. The van der Waals surface area contributed by atoms with Gasteiger partial charge in [0.2, 0.25) is 11.8 Å². The first-order valence-corrected chi connectivity index (χ1v) is 13.4. The fourth-order valence-corrected chi connectivity index (χ4v) is 5.18. The van der Waals surface area contributed by atoms with Gasteiger partial charge in [-0.2, -0.15) is 5.10 Å². The maximum absolute atomic E-state index is 11.9. The van der Waals surface area contributed by atoms with Gasteiger partial charge in [0.1, 0.15) is 5.69 Å². The fourth-order valence-electron chi connectivity index (χ4n) is 5.18. The van der Waals surface area contributed by atoms with Crippen LogP contribution in [0.5, 0.6) is 0 Å². The number of carbonyl (C=O) groups excluding carboxylic acids is 2. The lowest BCUT2D eigenvalue weighted by atomic mass is 10.1. The summed E-state index contributed by atoms with van der Waals surface area (Å²) in [7, 11) is 0. The summed E-state index contributed by atoms with van der Waals surface area (Å²) in [4.78, 5) is 39.8. The number of aromatic nitrogens is 6. The van der Waals surface area contributed by atoms with E-state index in [-0.39, 0.29) is 23.7 Å². The van der Waals surface area contributed by atoms with Crippen LogP contribution < -0.4 is 11.1 Å². The molecule has 0 bridgehead atoms. The summed E-state index contributed by atoms with van der Waals surface area (Å²) in [5.41, 5.74) is 11.3. The molecule has 2 aromatic carbocycles. The second kappa shape index (κ2) is 10.7. The molecule has 0 saturated carbocycles. The van der Waals surface area contributed by atoms with Crippen LogP contribution in [0.1, 0.15) is 25.8 Å². The van der Waals surface area contributed by atoms with Crippen molar-refractivity contribution in [1.29, 1.82) is 0 Å². The first kappa shape index (κ1) is 25.9. The number of anilines is 2. The topological polar surface area (TPSA) is 137 Å². The van der Waals surface area contributed by atoms with Crippen molar-refractivity contribution in [2.45, 2.75) is 25.8 Å². The fraction of sp³-hybridized carbons (Fsp3) is 0.200. The van der Waals surface area contributed by atoms with E-state index in [1.165, 1.54) is 6.08 Å². The van der Waals surface area contributed by atoms with Gasteiger partial charge in [-0.15, -0.1) is 0 Å². The van der Waals surface area contributed by atoms with Crippen LogP contribution in [0.2, 0.25) is 0 Å². The number of benzene rings is 2. The summed E-state index contributed by atoms with van der Waals surface area (Å²) in [6, 6.07) is 15.4. The first-order valence-electron chi connectivity index (χ1n) is 13.4. The Kier molecular flexibility index (Phi) is 6.76. The number of nitrogens with one attached hydrogen (secondary N) is 1. The molecule has 0 spiro atoms. The van der Waals surface area contributed by atoms with Crippen molar-refractivity contribution in [3.05, 3.63) is 79.8 Å². The molecule has 1 saturated heterocycles. The van der Waals surface area contributed by atoms with Crippen LogP contribution in [0, 0.1) is 0 Å². The van der Waals surface area contributed by atoms with Gasteiger partial charge >= 0.3 is 0 Å². The molecule has 3 aromatic heterocycles. The van der Waals surface area contributed by atoms with Gasteiger partial charge in [0.25, 0.3) is 0 Å². The maximum Gasteiger partial charge on any atom is 0.247 e. The van der Waals surface area contributed by atoms with Crippen molar-refractivity contribution >= 4 is 34.4 Å². The van der Waals surface area contributed by atoms with Crippen molar-refractivity contribution in [3.8, 4) is 28.5 Å². The molecule has 0 aliphatic carbocycles. The second-order valence-corrected chi connectivity index (χ2v) is 9.94. The second-order valence-electron chi connectivity index (χ2n) is 9.94. The van der Waals surface area contributed by atoms with Gasteiger partial charge in [-0.25, -0.2) is 15.0 Å². The number of fused-ring (bicyclic) bond motifs is 1. The predicted molar refractivity (Wildman–Crippen MR) is 157 cm³/mol. The number of nitrogen functional groups attached to an aromatic ring is 1. The van der Waals surface area contributed by atoms with Crippen LogP contribution in [0.15, 0.2) is 79.8 Å². The van der Waals surface area contributed by atoms with Crippen LogP contribution in [-0.4, -0.2) is 59.1 Å². The molecule has 1 fully saturated rings. The molecule has 1 aliphatic heterocycles. The minimum atomic E-state index is -0.300. The molecule has 0 atom stereocenters. The van der Waals surface area contributed by atoms with E-state index in [9.17, 15) is 9.59 Å². The van der Waals surface area contributed by atoms with Crippen molar-refractivity contribution in [2.24, 2.45) is 0 Å². The monoisotopic (exact) mass is 547 g/mol. The Hall–Kier alpha value is -5.32. The third-order valence-electron chi connectivity index (χ3n) is 7.31. The van der Waals surface area contributed by atoms with Gasteiger partial charge in [-0.05, 0) is 49.2 Å². The van der Waals surface area contributed by atoms with Gasteiger partial charge in [0.05, 0.1) is 35.2 Å². The molecule has 11 nitrogen and oxygen atoms in total. The molecule has 6 rings (SSSR count). The quantitative estimate of drug-likeness (QED) is 0.304. The maximum atomic E-state index is 11.9. The molecule has 4 heterocycles. The Bertz CT molecular complexity index is 1780. The van der Waals surface area contributed by atoms with E-state index in [0.717, 1.165) is 48.2 Å². The van der Waals surface area contributed by atoms with Crippen molar-refractivity contribution in [2.75, 3.05) is 24.1 Å². The van der Waals surface area contributed by atoms with Crippen molar-refractivity contribution in [3.63, 3.8) is 0 Å². The lowest BCUT2D eigenvalue weighted by Gasteiger charge is -2.31. The summed E-state index contributed by atoms with van der Waals surface area (Å²) in [6.45, 7) is 6.57. The summed E-state index contributed by atoms with van der Waals surface area (Å²) >= 11 is 0. The van der Waals surface area contributed by atoms with Gasteiger partial charge < -0.3 is 16.0 Å². The Morgan fingerprint density at radius 1 is 1.07 bits per heavy atom. The van der Waals surface area contributed by atoms with E-state index in [0.29, 0.717) is 22.9 Å². The Morgan fingerprint density at radius 3 is 2.66 bits per heavy atom. The van der Waals surface area contributed by atoms with E-state index >= 15 is 0 Å². The number of likely N-dealkylation sites (tertiary alicyclic amines) is 1. The number of hydrogen-bond donors (Lipinski definition) is 2. The van der Waals surface area contributed by atoms with Crippen LogP contribution in [0.25, 0.3) is 39.5 Å². The minimum absolute atomic E-state index is 0.105. The first-order chi connectivity index (χ1) is 19.9. The number of hydrogen-bond acceptors (Lipinski definition) is 7. The van der Waals surface area contributed by atoms with E-state index in [4.69, 9.17) is 15.7 Å². The zero-order valence-electron chi connectivity index (χ0n) is 22.6. The highest BCUT2D eigenvalue weighted by atomic mass is 16.2. The van der Waals surface area contributed by atoms with Crippen LogP contribution >= 0.6 is 0 Å². The third-order valence-corrected chi connectivity index (χ3v) is 7.31. The van der Waals surface area contributed by atoms with Gasteiger partial charge in [-0.1, -0.05) is 24.8 Å². The number of rotatable bonds is 6. The van der Waals surface area contributed by atoms with E-state index in [1.54, 1.807) is 25.4 Å². The predicted octanol–water partition coefficient (Wildman–Crippen LogP) is 4.24. The zero-order chi connectivity index (χ0) is 28.5. The number of nitrogens with zero attached hydrogens (tertiary/aromatic N) is 7. The van der Waals surface area contributed by atoms with E-state index in [1.807, 2.05) is 62.8 Å². The average molecular weight is 548 g/mol. The summed E-state index contributed by atoms with van der Waals surface area (Å²) in [6.07, 6.45) is 8.29. The SMILES string of the molecule is C=CC(=O)Nc1cccc(-n2c(-c3nc(-c4cnn(C5CCN(C(C)=O)CC5)c4)cnc3N)nc3ccccc32)c1. The molecule has 0 unspecified atom stereocenters. The highest BCUT2D eigenvalue weighted by molar-refractivity contribution is 5.99. The Balaban J connectivity index is 1.38. The van der Waals surface area contributed by atoms with Gasteiger partial charge in [0, 0.05) is 43.1 Å². The van der Waals surface area contributed by atoms with Crippen LogP contribution in [-0.2, 0) is 9.59 Å². The number of nitrogens with two attached hydrogens (primary N) is 1. The number of para-hydroxylation sites is 2. The summed E-state index contributed by atoms with van der Waals surface area (Å²) in [5, 5.41) is 7.41. The number of amides is 2. The van der Waals surface area contributed by atoms with Crippen molar-refractivity contribution < 1.29 is 9.59 Å². The molecular formula is C30H29N9O2. The number of carbonyl (C=O) groups is 2. The summed E-state index contributed by atoms with van der Waals surface area (Å²) in [5.74, 6) is 0.568. The Labute approximate surface area is 236 Å². The lowest BCUT2D eigenvalue weighted by Crippen LogP contribution is -2.37. The van der Waals surface area contributed by atoms with Gasteiger partial charge in [0.15, 0.2) is 11.6 Å². The highest BCUT2D eigenvalue weighted by Crippen LogP contribution is 2.32. The largest absolute Gasteiger partial charge is 0.382 e. The molecule has 3 N–H and O–H groups in total.